The highest BCUT2D eigenvalue weighted by Gasteiger charge is 2.44. The van der Waals surface area contributed by atoms with E-state index in [1.807, 2.05) is 6.92 Å². The summed E-state index contributed by atoms with van der Waals surface area (Å²) >= 11 is 1.68. The molecule has 1 aromatic carbocycles. The fourth-order valence-electron chi connectivity index (χ4n) is 3.81. The van der Waals surface area contributed by atoms with Crippen molar-refractivity contribution in [2.75, 3.05) is 18.1 Å². The van der Waals surface area contributed by atoms with Gasteiger partial charge in [-0.1, -0.05) is 25.1 Å². The number of Topliss-reactive ketones (excluding diaryl/α,β-unsaturated/α-hetero) is 1. The Balaban J connectivity index is 1.99. The number of rotatable bonds is 6. The molecular formula is C21H24FNO3S. The lowest BCUT2D eigenvalue weighted by Crippen LogP contribution is -2.37. The van der Waals surface area contributed by atoms with Gasteiger partial charge in [-0.25, -0.2) is 4.39 Å². The summed E-state index contributed by atoms with van der Waals surface area (Å²) in [4.78, 5) is 30.1. The molecule has 1 aromatic rings. The zero-order chi connectivity index (χ0) is 19.4. The van der Waals surface area contributed by atoms with Gasteiger partial charge in [0.25, 0.3) is 0 Å². The number of hydrogen-bond donors (Lipinski definition) is 0. The predicted octanol–water partition coefficient (Wildman–Crippen LogP) is 4.30. The molecule has 2 atom stereocenters. The molecule has 1 heterocycles. The third kappa shape index (κ3) is 4.15. The van der Waals surface area contributed by atoms with E-state index in [-0.39, 0.29) is 5.78 Å². The second kappa shape index (κ2) is 8.83. The third-order valence-electron chi connectivity index (χ3n) is 5.00. The quantitative estimate of drug-likeness (QED) is 0.538. The maximum absolute atomic E-state index is 14.6. The van der Waals surface area contributed by atoms with E-state index in [9.17, 15) is 14.0 Å². The number of allylic oxidation sites excluding steroid dienone is 2. The minimum Gasteiger partial charge on any atom is -0.464 e. The number of nitrogens with zero attached hydrogens (tertiary/aromatic N) is 1. The normalized spacial score (nSPS) is 22.3. The molecule has 1 aliphatic heterocycles. The molecular weight excluding hydrogens is 365 g/mol. The standard InChI is InChI=1S/C21H24FNO3S/c1-3-27-12-11-26-21(25)18-13(2)23-16-9-6-10-17(24)20(16)19(18)14-7-4-5-8-15(14)22/h4-5,7-8,18-19H,3,6,9-12H2,1-2H3/t18?,19-/m1/s1. The molecule has 144 valence electrons. The molecule has 4 nitrogen and oxygen atoms in total. The molecule has 6 heteroatoms. The number of carbonyl (C=O) groups excluding carboxylic acids is 2. The van der Waals surface area contributed by atoms with Crippen molar-refractivity contribution in [2.24, 2.45) is 10.9 Å². The first-order valence-electron chi connectivity index (χ1n) is 9.34. The van der Waals surface area contributed by atoms with Crippen molar-refractivity contribution in [3.63, 3.8) is 0 Å². The summed E-state index contributed by atoms with van der Waals surface area (Å²) < 4.78 is 20.1. The summed E-state index contributed by atoms with van der Waals surface area (Å²) in [6.07, 6.45) is 1.83. The van der Waals surface area contributed by atoms with Crippen LogP contribution in [0.1, 0.15) is 44.6 Å². The highest BCUT2D eigenvalue weighted by atomic mass is 32.2. The SMILES string of the molecule is CCSCCOC(=O)C1C(C)=NC2=C(C(=O)CCC2)[C@@H]1c1ccccc1F. The fraction of sp³-hybridized carbons (Fsp3) is 0.476. The Bertz CT molecular complexity index is 802. The molecule has 0 bridgehead atoms. The van der Waals surface area contributed by atoms with Crippen LogP contribution in [-0.4, -0.2) is 35.6 Å². The maximum atomic E-state index is 14.6. The fourth-order valence-corrected chi connectivity index (χ4v) is 4.30. The molecule has 0 amide bonds. The van der Waals surface area contributed by atoms with Crippen LogP contribution in [-0.2, 0) is 14.3 Å². The molecule has 0 aromatic heterocycles. The van der Waals surface area contributed by atoms with E-state index in [4.69, 9.17) is 4.74 Å². The van der Waals surface area contributed by atoms with Gasteiger partial charge in [-0.3, -0.25) is 14.6 Å². The maximum Gasteiger partial charge on any atom is 0.315 e. The van der Waals surface area contributed by atoms with Crippen LogP contribution in [0, 0.1) is 11.7 Å². The van der Waals surface area contributed by atoms with Gasteiger partial charge in [0.1, 0.15) is 18.3 Å². The Hall–Kier alpha value is -1.95. The van der Waals surface area contributed by atoms with E-state index in [0.717, 1.165) is 12.2 Å². The van der Waals surface area contributed by atoms with Crippen molar-refractivity contribution in [2.45, 2.75) is 39.0 Å². The molecule has 0 spiro atoms. The van der Waals surface area contributed by atoms with Gasteiger partial charge in [0.2, 0.25) is 0 Å². The van der Waals surface area contributed by atoms with Crippen LogP contribution < -0.4 is 0 Å². The molecule has 2 aliphatic rings. The number of ether oxygens (including phenoxy) is 1. The summed E-state index contributed by atoms with van der Waals surface area (Å²) in [5, 5.41) is 0. The third-order valence-corrected chi connectivity index (χ3v) is 5.87. The van der Waals surface area contributed by atoms with Crippen molar-refractivity contribution in [1.29, 1.82) is 0 Å². The molecule has 3 rings (SSSR count). The zero-order valence-electron chi connectivity index (χ0n) is 15.7. The molecule has 0 N–H and O–H groups in total. The summed E-state index contributed by atoms with van der Waals surface area (Å²) in [6.45, 7) is 4.11. The number of hydrogen-bond acceptors (Lipinski definition) is 5. The number of benzene rings is 1. The van der Waals surface area contributed by atoms with Gasteiger partial charge in [0.05, 0.1) is 0 Å². The molecule has 1 aliphatic carbocycles. The van der Waals surface area contributed by atoms with Crippen molar-refractivity contribution in [1.82, 2.24) is 0 Å². The van der Waals surface area contributed by atoms with Crippen LogP contribution in [0.2, 0.25) is 0 Å². The van der Waals surface area contributed by atoms with E-state index in [1.165, 1.54) is 6.07 Å². The van der Waals surface area contributed by atoms with Gasteiger partial charge in [0.15, 0.2) is 5.78 Å². The number of esters is 1. The molecule has 0 saturated heterocycles. The average Bonchev–Trinajstić information content (AvgIpc) is 2.65. The predicted molar refractivity (Wildman–Crippen MR) is 106 cm³/mol. The van der Waals surface area contributed by atoms with Crippen molar-refractivity contribution in [3.8, 4) is 0 Å². The first kappa shape index (κ1) is 19.8. The Labute approximate surface area is 163 Å². The van der Waals surface area contributed by atoms with Crippen LogP contribution in [0.3, 0.4) is 0 Å². The van der Waals surface area contributed by atoms with Crippen molar-refractivity contribution < 1.29 is 18.7 Å². The summed E-state index contributed by atoms with van der Waals surface area (Å²) in [6, 6.07) is 6.35. The Morgan fingerprint density at radius 1 is 1.33 bits per heavy atom. The first-order chi connectivity index (χ1) is 13.0. The van der Waals surface area contributed by atoms with Crippen LogP contribution >= 0.6 is 11.8 Å². The minimum atomic E-state index is -0.769. The number of halogens is 1. The van der Waals surface area contributed by atoms with E-state index in [2.05, 4.69) is 4.99 Å². The number of thioether (sulfide) groups is 1. The van der Waals surface area contributed by atoms with Gasteiger partial charge >= 0.3 is 5.97 Å². The lowest BCUT2D eigenvalue weighted by Gasteiger charge is -2.34. The van der Waals surface area contributed by atoms with Crippen LogP contribution in [0.5, 0.6) is 0 Å². The molecule has 0 fully saturated rings. The second-order valence-corrected chi connectivity index (χ2v) is 8.13. The van der Waals surface area contributed by atoms with E-state index in [1.54, 1.807) is 36.9 Å². The number of aliphatic imine (C=N–C) groups is 1. The summed E-state index contributed by atoms with van der Waals surface area (Å²) in [5.74, 6) is -0.674. The smallest absolute Gasteiger partial charge is 0.315 e. The summed E-state index contributed by atoms with van der Waals surface area (Å²) in [5.41, 5.74) is 2.13. The van der Waals surface area contributed by atoms with Crippen LogP contribution in [0.4, 0.5) is 4.39 Å². The molecule has 27 heavy (non-hydrogen) atoms. The van der Waals surface area contributed by atoms with Gasteiger partial charge in [-0.2, -0.15) is 11.8 Å². The van der Waals surface area contributed by atoms with E-state index < -0.39 is 23.6 Å². The Morgan fingerprint density at radius 2 is 2.11 bits per heavy atom. The molecule has 1 unspecified atom stereocenters. The second-order valence-electron chi connectivity index (χ2n) is 6.73. The Morgan fingerprint density at radius 3 is 2.85 bits per heavy atom. The van der Waals surface area contributed by atoms with Gasteiger partial charge in [0, 0.05) is 35.1 Å². The number of ketones is 1. The van der Waals surface area contributed by atoms with Crippen molar-refractivity contribution in [3.05, 3.63) is 46.9 Å². The highest BCUT2D eigenvalue weighted by Crippen LogP contribution is 2.44. The summed E-state index contributed by atoms with van der Waals surface area (Å²) in [7, 11) is 0. The zero-order valence-corrected chi connectivity index (χ0v) is 16.5. The lowest BCUT2D eigenvalue weighted by atomic mass is 9.71. The average molecular weight is 389 g/mol. The highest BCUT2D eigenvalue weighted by molar-refractivity contribution is 7.99. The first-order valence-corrected chi connectivity index (χ1v) is 10.5. The largest absolute Gasteiger partial charge is 0.464 e. The van der Waals surface area contributed by atoms with Crippen molar-refractivity contribution >= 4 is 29.2 Å². The van der Waals surface area contributed by atoms with Gasteiger partial charge < -0.3 is 4.74 Å². The number of carbonyl (C=O) groups is 2. The van der Waals surface area contributed by atoms with Crippen LogP contribution in [0.25, 0.3) is 0 Å². The molecule has 0 radical (unpaired) electrons. The van der Waals surface area contributed by atoms with E-state index >= 15 is 0 Å². The lowest BCUT2D eigenvalue weighted by molar-refractivity contribution is -0.145. The minimum absolute atomic E-state index is 0.0416. The monoisotopic (exact) mass is 389 g/mol. The molecule has 0 saturated carbocycles. The van der Waals surface area contributed by atoms with Crippen LogP contribution in [0.15, 0.2) is 40.5 Å². The van der Waals surface area contributed by atoms with E-state index in [0.29, 0.717) is 47.7 Å². The Kier molecular flexibility index (Phi) is 6.47. The topological polar surface area (TPSA) is 55.7 Å². The van der Waals surface area contributed by atoms with Gasteiger partial charge in [-0.15, -0.1) is 0 Å². The van der Waals surface area contributed by atoms with Gasteiger partial charge in [-0.05, 0) is 37.1 Å².